The van der Waals surface area contributed by atoms with Gasteiger partial charge in [0.2, 0.25) is 11.8 Å². The maximum Gasteiger partial charge on any atom is 0.249 e. The zero-order valence-corrected chi connectivity index (χ0v) is 12.8. The van der Waals surface area contributed by atoms with E-state index in [1.165, 1.54) is 23.5 Å². The second kappa shape index (κ2) is 5.79. The molecule has 0 aliphatic carbocycles. The molecule has 0 spiro atoms. The summed E-state index contributed by atoms with van der Waals surface area (Å²) in [4.78, 5) is 27.3. The highest BCUT2D eigenvalue weighted by Gasteiger charge is 2.14. The number of nitrogens with two attached hydrogens (primary N) is 2. The van der Waals surface area contributed by atoms with Crippen LogP contribution in [0.3, 0.4) is 0 Å². The number of thiazole rings is 1. The van der Waals surface area contributed by atoms with Crippen LogP contribution in [-0.2, 0) is 6.61 Å². The molecule has 1 heterocycles. The van der Waals surface area contributed by atoms with Crippen LogP contribution in [0.4, 0.5) is 0 Å². The Kier molecular flexibility index (Phi) is 3.81. The molecule has 0 aliphatic heterocycles. The predicted octanol–water partition coefficient (Wildman–Crippen LogP) is 1.65. The van der Waals surface area contributed by atoms with Crippen LogP contribution in [0.15, 0.2) is 36.4 Å². The van der Waals surface area contributed by atoms with Crippen molar-refractivity contribution in [1.82, 2.24) is 4.98 Å². The van der Waals surface area contributed by atoms with E-state index in [0.29, 0.717) is 32.8 Å². The number of primary amides is 2. The van der Waals surface area contributed by atoms with E-state index >= 15 is 0 Å². The van der Waals surface area contributed by atoms with Gasteiger partial charge in [0.1, 0.15) is 5.01 Å². The maximum absolute atomic E-state index is 11.6. The number of carbonyl (C=O) groups is 2. The molecule has 0 saturated carbocycles. The molecule has 1 aromatic heterocycles. The van der Waals surface area contributed by atoms with Gasteiger partial charge in [0.05, 0.1) is 16.8 Å². The number of aliphatic hydroxyl groups excluding tert-OH is 1. The molecule has 0 saturated heterocycles. The number of hydrogen-bond donors (Lipinski definition) is 3. The van der Waals surface area contributed by atoms with Crippen molar-refractivity contribution in [3.8, 4) is 11.1 Å². The van der Waals surface area contributed by atoms with Gasteiger partial charge in [-0.15, -0.1) is 11.3 Å². The van der Waals surface area contributed by atoms with Crippen molar-refractivity contribution < 1.29 is 14.7 Å². The molecule has 3 rings (SSSR count). The van der Waals surface area contributed by atoms with Crippen molar-refractivity contribution in [2.75, 3.05) is 0 Å². The SMILES string of the molecule is NC(=O)c1ccc(C(N)=O)c(-c2ccc3sc(CO)nc3c2)c1. The Morgan fingerprint density at radius 1 is 1.09 bits per heavy atom. The van der Waals surface area contributed by atoms with Crippen LogP contribution in [-0.4, -0.2) is 21.9 Å². The first-order valence-corrected chi connectivity index (χ1v) is 7.55. The fraction of sp³-hybridized carbons (Fsp3) is 0.0625. The minimum absolute atomic E-state index is 0.127. The lowest BCUT2D eigenvalue weighted by atomic mass is 9.96. The fourth-order valence-corrected chi connectivity index (χ4v) is 3.17. The van der Waals surface area contributed by atoms with Crippen LogP contribution in [0.2, 0.25) is 0 Å². The maximum atomic E-state index is 11.6. The van der Waals surface area contributed by atoms with Crippen LogP contribution in [0, 0.1) is 0 Å². The molecule has 0 unspecified atom stereocenters. The standard InChI is InChI=1S/C16H13N3O3S/c17-15(21)9-1-3-10(16(18)22)11(5-9)8-2-4-13-12(6-8)19-14(7-20)23-13/h1-6,20H,7H2,(H2,17,21)(H2,18,22). The molecule has 2 amide bonds. The van der Waals surface area contributed by atoms with E-state index in [9.17, 15) is 14.7 Å². The van der Waals surface area contributed by atoms with Gasteiger partial charge in [0.15, 0.2) is 0 Å². The summed E-state index contributed by atoms with van der Waals surface area (Å²) >= 11 is 1.39. The fourth-order valence-electron chi connectivity index (χ4n) is 2.36. The Bertz CT molecular complexity index is 933. The molecule has 23 heavy (non-hydrogen) atoms. The lowest BCUT2D eigenvalue weighted by Crippen LogP contribution is -2.15. The number of carbonyl (C=O) groups excluding carboxylic acids is 2. The average molecular weight is 327 g/mol. The van der Waals surface area contributed by atoms with Gasteiger partial charge >= 0.3 is 0 Å². The molecule has 0 bridgehead atoms. The Hall–Kier alpha value is -2.77. The van der Waals surface area contributed by atoms with Gasteiger partial charge in [-0.2, -0.15) is 0 Å². The summed E-state index contributed by atoms with van der Waals surface area (Å²) in [6, 6.07) is 9.96. The first-order valence-electron chi connectivity index (χ1n) is 6.74. The summed E-state index contributed by atoms with van der Waals surface area (Å²) in [6.07, 6.45) is 0. The van der Waals surface area contributed by atoms with E-state index in [-0.39, 0.29) is 6.61 Å². The topological polar surface area (TPSA) is 119 Å². The molecule has 116 valence electrons. The smallest absolute Gasteiger partial charge is 0.249 e. The summed E-state index contributed by atoms with van der Waals surface area (Å²) in [5, 5.41) is 9.78. The number of aromatic nitrogens is 1. The predicted molar refractivity (Wildman–Crippen MR) is 88.0 cm³/mol. The van der Waals surface area contributed by atoms with Gasteiger partial charge in [-0.05, 0) is 41.5 Å². The monoisotopic (exact) mass is 327 g/mol. The van der Waals surface area contributed by atoms with E-state index in [4.69, 9.17) is 11.5 Å². The van der Waals surface area contributed by atoms with Crippen molar-refractivity contribution in [3.63, 3.8) is 0 Å². The second-order valence-electron chi connectivity index (χ2n) is 4.94. The highest BCUT2D eigenvalue weighted by Crippen LogP contribution is 2.30. The number of aliphatic hydroxyl groups is 1. The first-order chi connectivity index (χ1) is 11.0. The molecule has 6 nitrogen and oxygen atoms in total. The van der Waals surface area contributed by atoms with Crippen LogP contribution in [0.5, 0.6) is 0 Å². The van der Waals surface area contributed by atoms with Gasteiger partial charge in [-0.3, -0.25) is 9.59 Å². The highest BCUT2D eigenvalue weighted by molar-refractivity contribution is 7.18. The Morgan fingerprint density at radius 3 is 2.52 bits per heavy atom. The average Bonchev–Trinajstić information content (AvgIpc) is 2.96. The molecular weight excluding hydrogens is 314 g/mol. The number of rotatable bonds is 4. The molecule has 0 atom stereocenters. The normalized spacial score (nSPS) is 10.8. The van der Waals surface area contributed by atoms with Crippen LogP contribution in [0.1, 0.15) is 25.7 Å². The summed E-state index contributed by atoms with van der Waals surface area (Å²) in [5.41, 5.74) is 13.2. The van der Waals surface area contributed by atoms with Crippen molar-refractivity contribution >= 4 is 33.4 Å². The van der Waals surface area contributed by atoms with Gasteiger partial charge in [-0.1, -0.05) is 6.07 Å². The van der Waals surface area contributed by atoms with Crippen molar-refractivity contribution in [1.29, 1.82) is 0 Å². The van der Waals surface area contributed by atoms with E-state index in [1.54, 1.807) is 12.1 Å². The quantitative estimate of drug-likeness (QED) is 0.675. The molecule has 0 aliphatic rings. The zero-order chi connectivity index (χ0) is 16.6. The third kappa shape index (κ3) is 2.79. The minimum Gasteiger partial charge on any atom is -0.389 e. The molecule has 0 radical (unpaired) electrons. The van der Waals surface area contributed by atoms with Crippen molar-refractivity contribution in [2.24, 2.45) is 11.5 Å². The summed E-state index contributed by atoms with van der Waals surface area (Å²) in [6.45, 7) is -0.127. The van der Waals surface area contributed by atoms with Gasteiger partial charge < -0.3 is 16.6 Å². The van der Waals surface area contributed by atoms with Gasteiger partial charge in [-0.25, -0.2) is 4.98 Å². The lowest BCUT2D eigenvalue weighted by Gasteiger charge is -2.09. The number of amides is 2. The number of hydrogen-bond acceptors (Lipinski definition) is 5. The molecule has 7 heteroatoms. The van der Waals surface area contributed by atoms with Crippen molar-refractivity contribution in [2.45, 2.75) is 6.61 Å². The van der Waals surface area contributed by atoms with Crippen LogP contribution >= 0.6 is 11.3 Å². The summed E-state index contributed by atoms with van der Waals surface area (Å²) in [5.74, 6) is -1.18. The Balaban J connectivity index is 2.21. The summed E-state index contributed by atoms with van der Waals surface area (Å²) in [7, 11) is 0. The number of nitrogens with zero attached hydrogens (tertiary/aromatic N) is 1. The van der Waals surface area contributed by atoms with E-state index in [1.807, 2.05) is 12.1 Å². The third-order valence-electron chi connectivity index (χ3n) is 3.45. The van der Waals surface area contributed by atoms with E-state index < -0.39 is 11.8 Å². The Morgan fingerprint density at radius 2 is 1.87 bits per heavy atom. The first kappa shape index (κ1) is 15.1. The van der Waals surface area contributed by atoms with E-state index in [0.717, 1.165) is 4.70 Å². The zero-order valence-electron chi connectivity index (χ0n) is 11.9. The largest absolute Gasteiger partial charge is 0.389 e. The third-order valence-corrected chi connectivity index (χ3v) is 4.47. The highest BCUT2D eigenvalue weighted by atomic mass is 32.1. The Labute approximate surface area is 135 Å². The molecule has 5 N–H and O–H groups in total. The minimum atomic E-state index is -0.592. The van der Waals surface area contributed by atoms with Gasteiger partial charge in [0.25, 0.3) is 0 Å². The molecule has 3 aromatic rings. The molecule has 2 aromatic carbocycles. The van der Waals surface area contributed by atoms with Crippen molar-refractivity contribution in [3.05, 3.63) is 52.5 Å². The molecular formula is C16H13N3O3S. The second-order valence-corrected chi connectivity index (χ2v) is 6.05. The molecule has 0 fully saturated rings. The van der Waals surface area contributed by atoms with E-state index in [2.05, 4.69) is 4.98 Å². The van der Waals surface area contributed by atoms with Crippen LogP contribution < -0.4 is 11.5 Å². The van der Waals surface area contributed by atoms with Gasteiger partial charge in [0, 0.05) is 11.1 Å². The number of benzene rings is 2. The van der Waals surface area contributed by atoms with Crippen LogP contribution in [0.25, 0.3) is 21.3 Å². The summed E-state index contributed by atoms with van der Waals surface area (Å²) < 4.78 is 0.921. The lowest BCUT2D eigenvalue weighted by molar-refractivity contribution is 0.0989. The number of fused-ring (bicyclic) bond motifs is 1.